The first kappa shape index (κ1) is 12.2. The zero-order chi connectivity index (χ0) is 11.8. The summed E-state index contributed by atoms with van der Waals surface area (Å²) >= 11 is 2.35. The maximum atomic E-state index is 5.89. The first-order valence-electron chi connectivity index (χ1n) is 5.89. The smallest absolute Gasteiger partial charge is 0.132 e. The summed E-state index contributed by atoms with van der Waals surface area (Å²) in [5.74, 6) is 1.87. The predicted molar refractivity (Wildman–Crippen MR) is 76.1 cm³/mol. The lowest BCUT2D eigenvalue weighted by atomic mass is 9.87. The van der Waals surface area contributed by atoms with Crippen LogP contribution in [0.25, 0.3) is 0 Å². The zero-order valence-corrected chi connectivity index (χ0v) is 12.4. The van der Waals surface area contributed by atoms with Crippen LogP contribution in [0.4, 0.5) is 0 Å². The fraction of sp³-hybridized carbons (Fsp3) is 0.571. The Morgan fingerprint density at radius 1 is 1.31 bits per heavy atom. The Balaban J connectivity index is 2.14. The normalized spacial score (nSPS) is 16.2. The molecule has 0 radical (unpaired) electrons. The van der Waals surface area contributed by atoms with Crippen molar-refractivity contribution in [2.45, 2.75) is 39.0 Å². The fourth-order valence-electron chi connectivity index (χ4n) is 1.57. The molecule has 0 bridgehead atoms. The third-order valence-electron chi connectivity index (χ3n) is 2.97. The van der Waals surface area contributed by atoms with Crippen LogP contribution in [0.3, 0.4) is 0 Å². The van der Waals surface area contributed by atoms with Crippen LogP contribution in [0, 0.1) is 9.49 Å². The van der Waals surface area contributed by atoms with Gasteiger partial charge in [-0.05, 0) is 64.5 Å². The summed E-state index contributed by atoms with van der Waals surface area (Å²) in [6, 6.07) is 6.55. The highest BCUT2D eigenvalue weighted by Crippen LogP contribution is 2.33. The van der Waals surface area contributed by atoms with E-state index in [0.29, 0.717) is 0 Å². The molecule has 1 fully saturated rings. The molecule has 0 saturated heterocycles. The summed E-state index contributed by atoms with van der Waals surface area (Å²) in [7, 11) is 0. The quantitative estimate of drug-likeness (QED) is 0.748. The molecule has 1 saturated carbocycles. The van der Waals surface area contributed by atoms with Crippen LogP contribution in [-0.2, 0) is 5.41 Å². The summed E-state index contributed by atoms with van der Waals surface area (Å²) in [5, 5.41) is 0. The van der Waals surface area contributed by atoms with E-state index < -0.39 is 0 Å². The first-order chi connectivity index (χ1) is 7.47. The van der Waals surface area contributed by atoms with E-state index in [9.17, 15) is 0 Å². The first-order valence-corrected chi connectivity index (χ1v) is 6.97. The third kappa shape index (κ3) is 3.12. The number of halogens is 1. The minimum atomic E-state index is 0.196. The van der Waals surface area contributed by atoms with Crippen molar-refractivity contribution in [1.29, 1.82) is 0 Å². The Kier molecular flexibility index (Phi) is 3.48. The van der Waals surface area contributed by atoms with Crippen molar-refractivity contribution < 1.29 is 4.74 Å². The van der Waals surface area contributed by atoms with Crippen molar-refractivity contribution in [2.24, 2.45) is 5.92 Å². The second-order valence-corrected chi connectivity index (χ2v) is 6.81. The molecule has 0 amide bonds. The molecule has 0 unspecified atom stereocenters. The van der Waals surface area contributed by atoms with Gasteiger partial charge in [0, 0.05) is 0 Å². The second kappa shape index (κ2) is 4.55. The Bertz CT molecular complexity index is 375. The maximum absolute atomic E-state index is 5.89. The Morgan fingerprint density at radius 2 is 2.00 bits per heavy atom. The van der Waals surface area contributed by atoms with Crippen molar-refractivity contribution in [1.82, 2.24) is 0 Å². The van der Waals surface area contributed by atoms with Crippen LogP contribution in [-0.4, -0.2) is 6.61 Å². The molecule has 1 aromatic rings. The molecule has 1 aliphatic carbocycles. The lowest BCUT2D eigenvalue weighted by Gasteiger charge is -2.20. The largest absolute Gasteiger partial charge is 0.492 e. The second-order valence-electron chi connectivity index (χ2n) is 5.65. The molecule has 0 aliphatic heterocycles. The predicted octanol–water partition coefficient (Wildman–Crippen LogP) is 4.38. The Hall–Kier alpha value is -0.250. The number of hydrogen-bond acceptors (Lipinski definition) is 1. The van der Waals surface area contributed by atoms with Gasteiger partial charge in [-0.15, -0.1) is 0 Å². The van der Waals surface area contributed by atoms with Gasteiger partial charge in [0.2, 0.25) is 0 Å². The van der Waals surface area contributed by atoms with Gasteiger partial charge in [-0.25, -0.2) is 0 Å². The van der Waals surface area contributed by atoms with Gasteiger partial charge in [0.25, 0.3) is 0 Å². The van der Waals surface area contributed by atoms with E-state index in [1.54, 1.807) is 0 Å². The SMILES string of the molecule is CC(C)(C)c1ccc(I)c(OCC2CC2)c1. The fourth-order valence-corrected chi connectivity index (χ4v) is 2.06. The van der Waals surface area contributed by atoms with E-state index in [0.717, 1.165) is 18.3 Å². The van der Waals surface area contributed by atoms with Gasteiger partial charge in [0.1, 0.15) is 5.75 Å². The minimum Gasteiger partial charge on any atom is -0.492 e. The minimum absolute atomic E-state index is 0.196. The summed E-state index contributed by atoms with van der Waals surface area (Å²) in [6.07, 6.45) is 2.69. The van der Waals surface area contributed by atoms with Gasteiger partial charge in [-0.2, -0.15) is 0 Å². The topological polar surface area (TPSA) is 9.23 Å². The van der Waals surface area contributed by atoms with Crippen LogP contribution in [0.2, 0.25) is 0 Å². The summed E-state index contributed by atoms with van der Waals surface area (Å²) < 4.78 is 7.10. The van der Waals surface area contributed by atoms with Gasteiger partial charge in [0.15, 0.2) is 0 Å². The standard InChI is InChI=1S/C14H19IO/c1-14(2,3)11-6-7-12(15)13(8-11)16-9-10-4-5-10/h6-8,10H,4-5,9H2,1-3H3. The van der Waals surface area contributed by atoms with E-state index in [1.165, 1.54) is 22.0 Å². The monoisotopic (exact) mass is 330 g/mol. The van der Waals surface area contributed by atoms with Gasteiger partial charge in [0.05, 0.1) is 10.2 Å². The lowest BCUT2D eigenvalue weighted by molar-refractivity contribution is 0.297. The molecular weight excluding hydrogens is 311 g/mol. The Labute approximate surface area is 112 Å². The lowest BCUT2D eigenvalue weighted by Crippen LogP contribution is -2.11. The van der Waals surface area contributed by atoms with Crippen LogP contribution in [0.15, 0.2) is 18.2 Å². The van der Waals surface area contributed by atoms with Gasteiger partial charge < -0.3 is 4.74 Å². The average molecular weight is 330 g/mol. The van der Waals surface area contributed by atoms with E-state index in [4.69, 9.17) is 4.74 Å². The molecule has 88 valence electrons. The molecule has 16 heavy (non-hydrogen) atoms. The summed E-state index contributed by atoms with van der Waals surface area (Å²) in [4.78, 5) is 0. The molecule has 0 heterocycles. The molecule has 0 atom stereocenters. The molecule has 1 aliphatic rings. The van der Waals surface area contributed by atoms with Crippen LogP contribution < -0.4 is 4.74 Å². The van der Waals surface area contributed by atoms with E-state index in [2.05, 4.69) is 61.6 Å². The van der Waals surface area contributed by atoms with E-state index >= 15 is 0 Å². The molecule has 1 aromatic carbocycles. The van der Waals surface area contributed by atoms with Crippen molar-refractivity contribution in [3.63, 3.8) is 0 Å². The van der Waals surface area contributed by atoms with Crippen LogP contribution in [0.5, 0.6) is 5.75 Å². The highest BCUT2D eigenvalue weighted by atomic mass is 127. The van der Waals surface area contributed by atoms with Crippen molar-refractivity contribution in [3.05, 3.63) is 27.3 Å². The third-order valence-corrected chi connectivity index (χ3v) is 3.86. The summed E-state index contributed by atoms with van der Waals surface area (Å²) in [5.41, 5.74) is 1.54. The van der Waals surface area contributed by atoms with Gasteiger partial charge in [-0.1, -0.05) is 26.8 Å². The zero-order valence-electron chi connectivity index (χ0n) is 10.2. The van der Waals surface area contributed by atoms with Crippen molar-refractivity contribution in [3.8, 4) is 5.75 Å². The number of ether oxygens (including phenoxy) is 1. The molecule has 1 nitrogen and oxygen atoms in total. The van der Waals surface area contributed by atoms with Crippen LogP contribution >= 0.6 is 22.6 Å². The van der Waals surface area contributed by atoms with Crippen LogP contribution in [0.1, 0.15) is 39.2 Å². The molecular formula is C14H19IO. The van der Waals surface area contributed by atoms with Gasteiger partial charge >= 0.3 is 0 Å². The van der Waals surface area contributed by atoms with Crippen molar-refractivity contribution in [2.75, 3.05) is 6.61 Å². The molecule has 0 aromatic heterocycles. The molecule has 2 heteroatoms. The molecule has 0 N–H and O–H groups in total. The molecule has 2 rings (SSSR count). The van der Waals surface area contributed by atoms with Crippen molar-refractivity contribution >= 4 is 22.6 Å². The summed E-state index contributed by atoms with van der Waals surface area (Å²) in [6.45, 7) is 7.60. The molecule has 0 spiro atoms. The van der Waals surface area contributed by atoms with E-state index in [-0.39, 0.29) is 5.41 Å². The number of rotatable bonds is 3. The maximum Gasteiger partial charge on any atom is 0.132 e. The highest BCUT2D eigenvalue weighted by molar-refractivity contribution is 14.1. The average Bonchev–Trinajstić information content (AvgIpc) is 2.98. The number of hydrogen-bond donors (Lipinski definition) is 0. The Morgan fingerprint density at radius 3 is 2.56 bits per heavy atom. The number of benzene rings is 1. The highest BCUT2D eigenvalue weighted by Gasteiger charge is 2.22. The van der Waals surface area contributed by atoms with E-state index in [1.807, 2.05) is 0 Å². The van der Waals surface area contributed by atoms with Gasteiger partial charge in [-0.3, -0.25) is 0 Å².